The Bertz CT molecular complexity index is 1020. The van der Waals surface area contributed by atoms with Crippen molar-refractivity contribution in [1.29, 1.82) is 0 Å². The summed E-state index contributed by atoms with van der Waals surface area (Å²) < 4.78 is 23.3. The second-order valence-corrected chi connectivity index (χ2v) is 5.95. The van der Waals surface area contributed by atoms with Gasteiger partial charge in [0.25, 0.3) is 5.91 Å². The van der Waals surface area contributed by atoms with Gasteiger partial charge in [-0.05, 0) is 54.0 Å². The lowest BCUT2D eigenvalue weighted by Gasteiger charge is -2.02. The Morgan fingerprint density at radius 2 is 1.96 bits per heavy atom. The van der Waals surface area contributed by atoms with Crippen molar-refractivity contribution in [2.24, 2.45) is 0 Å². The second kappa shape index (κ2) is 5.86. The van der Waals surface area contributed by atoms with Gasteiger partial charge in [0.15, 0.2) is 11.5 Å². The summed E-state index contributed by atoms with van der Waals surface area (Å²) in [5.74, 6) is -0.318. The van der Waals surface area contributed by atoms with E-state index in [1.807, 2.05) is 12.1 Å². The van der Waals surface area contributed by atoms with E-state index in [1.54, 1.807) is 24.4 Å². The molecule has 118 valence electrons. The van der Waals surface area contributed by atoms with E-state index in [2.05, 4.69) is 14.8 Å². The van der Waals surface area contributed by atoms with Gasteiger partial charge >= 0.3 is 0 Å². The van der Waals surface area contributed by atoms with E-state index in [4.69, 9.17) is 4.52 Å². The fourth-order valence-corrected chi connectivity index (χ4v) is 2.90. The molecule has 0 fully saturated rings. The van der Waals surface area contributed by atoms with Crippen LogP contribution in [0.5, 0.6) is 0 Å². The molecule has 5 nitrogen and oxygen atoms in total. The third-order valence-corrected chi connectivity index (χ3v) is 4.26. The minimum atomic E-state index is -0.380. The first kappa shape index (κ1) is 14.5. The average molecular weight is 339 g/mol. The van der Waals surface area contributed by atoms with Gasteiger partial charge < -0.3 is 9.84 Å². The smallest absolute Gasteiger partial charge is 0.277 e. The Hall–Kier alpha value is -3.06. The summed E-state index contributed by atoms with van der Waals surface area (Å²) in [6, 6.07) is 12.8. The number of carbonyl (C=O) groups excluding carboxylic acids is 1. The first-order chi connectivity index (χ1) is 11.7. The molecule has 1 amide bonds. The van der Waals surface area contributed by atoms with E-state index < -0.39 is 0 Å². The maximum atomic E-state index is 13.0. The highest BCUT2D eigenvalue weighted by Gasteiger charge is 2.14. The zero-order valence-corrected chi connectivity index (χ0v) is 13.0. The Morgan fingerprint density at radius 1 is 1.12 bits per heavy atom. The molecule has 0 bridgehead atoms. The summed E-state index contributed by atoms with van der Waals surface area (Å²) in [5, 5.41) is 7.50. The largest absolute Gasteiger partial charge is 0.355 e. The SMILES string of the molecule is O=C(Nc1ccc2sncc2c1)c1cc(-c2ccc(F)cc2)on1. The topological polar surface area (TPSA) is 68.0 Å². The summed E-state index contributed by atoms with van der Waals surface area (Å²) in [5.41, 5.74) is 1.45. The molecule has 4 rings (SSSR count). The van der Waals surface area contributed by atoms with Crippen LogP contribution in [0.4, 0.5) is 10.1 Å². The molecule has 0 radical (unpaired) electrons. The van der Waals surface area contributed by atoms with Crippen LogP contribution in [0.2, 0.25) is 0 Å². The number of hydrogen-bond acceptors (Lipinski definition) is 5. The van der Waals surface area contributed by atoms with Crippen molar-refractivity contribution in [1.82, 2.24) is 9.53 Å². The van der Waals surface area contributed by atoms with Gasteiger partial charge in [0.05, 0.1) is 4.70 Å². The Labute approximate surface area is 139 Å². The molecule has 2 heterocycles. The van der Waals surface area contributed by atoms with Crippen molar-refractivity contribution in [2.45, 2.75) is 0 Å². The number of fused-ring (bicyclic) bond motifs is 1. The highest BCUT2D eigenvalue weighted by Crippen LogP contribution is 2.23. The molecule has 0 aliphatic carbocycles. The van der Waals surface area contributed by atoms with Gasteiger partial charge in [0.2, 0.25) is 0 Å². The van der Waals surface area contributed by atoms with Crippen LogP contribution in [0.3, 0.4) is 0 Å². The Balaban J connectivity index is 1.55. The standard InChI is InChI=1S/C17H10FN3O2S/c18-12-3-1-10(2-4-12)15-8-14(21-23-15)17(22)20-13-5-6-16-11(7-13)9-19-24-16/h1-9H,(H,20,22). The number of halogens is 1. The lowest BCUT2D eigenvalue weighted by atomic mass is 10.1. The van der Waals surface area contributed by atoms with Crippen LogP contribution in [-0.2, 0) is 0 Å². The molecule has 7 heteroatoms. The van der Waals surface area contributed by atoms with Gasteiger partial charge in [0.1, 0.15) is 5.82 Å². The molecule has 0 spiro atoms. The van der Waals surface area contributed by atoms with Crippen molar-refractivity contribution < 1.29 is 13.7 Å². The molecule has 24 heavy (non-hydrogen) atoms. The van der Waals surface area contributed by atoms with Crippen molar-refractivity contribution in [3.05, 3.63) is 66.2 Å². The summed E-state index contributed by atoms with van der Waals surface area (Å²) in [4.78, 5) is 12.3. The van der Waals surface area contributed by atoms with E-state index in [0.29, 0.717) is 17.0 Å². The fraction of sp³-hybridized carbons (Fsp3) is 0. The number of rotatable bonds is 3. The molecule has 0 atom stereocenters. The average Bonchev–Trinajstić information content (AvgIpc) is 3.24. The molecule has 1 N–H and O–H groups in total. The van der Waals surface area contributed by atoms with Crippen LogP contribution in [0.15, 0.2) is 59.3 Å². The molecule has 2 aromatic carbocycles. The van der Waals surface area contributed by atoms with Gasteiger partial charge in [-0.3, -0.25) is 4.79 Å². The van der Waals surface area contributed by atoms with E-state index in [-0.39, 0.29) is 17.4 Å². The van der Waals surface area contributed by atoms with Crippen LogP contribution in [0, 0.1) is 5.82 Å². The number of anilines is 1. The molecular weight excluding hydrogens is 329 g/mol. The van der Waals surface area contributed by atoms with Gasteiger partial charge in [-0.25, -0.2) is 4.39 Å². The Kier molecular flexibility index (Phi) is 3.55. The minimum Gasteiger partial charge on any atom is -0.355 e. The molecule has 0 saturated heterocycles. The predicted octanol–water partition coefficient (Wildman–Crippen LogP) is 4.34. The highest BCUT2D eigenvalue weighted by atomic mass is 32.1. The van der Waals surface area contributed by atoms with Gasteiger partial charge in [-0.1, -0.05) is 5.16 Å². The lowest BCUT2D eigenvalue weighted by molar-refractivity contribution is 0.101. The Morgan fingerprint density at radius 3 is 2.79 bits per heavy atom. The van der Waals surface area contributed by atoms with Gasteiger partial charge in [-0.15, -0.1) is 0 Å². The van der Waals surface area contributed by atoms with Gasteiger partial charge in [-0.2, -0.15) is 4.37 Å². The van der Waals surface area contributed by atoms with E-state index in [0.717, 1.165) is 10.1 Å². The number of carbonyl (C=O) groups is 1. The second-order valence-electron chi connectivity index (χ2n) is 5.12. The van der Waals surface area contributed by atoms with Crippen molar-refractivity contribution in [2.75, 3.05) is 5.32 Å². The van der Waals surface area contributed by atoms with E-state index in [1.165, 1.54) is 29.7 Å². The summed E-state index contributed by atoms with van der Waals surface area (Å²) in [6.45, 7) is 0. The van der Waals surface area contributed by atoms with Crippen molar-refractivity contribution in [3.63, 3.8) is 0 Å². The van der Waals surface area contributed by atoms with Gasteiger partial charge in [0, 0.05) is 28.9 Å². The third-order valence-electron chi connectivity index (χ3n) is 3.48. The van der Waals surface area contributed by atoms with Crippen LogP contribution < -0.4 is 5.32 Å². The van der Waals surface area contributed by atoms with E-state index in [9.17, 15) is 9.18 Å². The maximum Gasteiger partial charge on any atom is 0.277 e. The minimum absolute atomic E-state index is 0.151. The first-order valence-electron chi connectivity index (χ1n) is 7.07. The molecular formula is C17H10FN3O2S. The molecule has 0 unspecified atom stereocenters. The number of nitrogens with zero attached hydrogens (tertiary/aromatic N) is 2. The van der Waals surface area contributed by atoms with Crippen LogP contribution in [0.1, 0.15) is 10.5 Å². The quantitative estimate of drug-likeness (QED) is 0.603. The monoisotopic (exact) mass is 339 g/mol. The van der Waals surface area contributed by atoms with Crippen LogP contribution >= 0.6 is 11.5 Å². The molecule has 4 aromatic rings. The lowest BCUT2D eigenvalue weighted by Crippen LogP contribution is -2.11. The number of hydrogen-bond donors (Lipinski definition) is 1. The number of amides is 1. The molecule has 2 aromatic heterocycles. The fourth-order valence-electron chi connectivity index (χ4n) is 2.28. The highest BCUT2D eigenvalue weighted by molar-refractivity contribution is 7.13. The summed E-state index contributed by atoms with van der Waals surface area (Å²) >= 11 is 1.40. The number of benzene rings is 2. The third kappa shape index (κ3) is 2.77. The first-order valence-corrected chi connectivity index (χ1v) is 7.85. The maximum absolute atomic E-state index is 13.0. The summed E-state index contributed by atoms with van der Waals surface area (Å²) in [7, 11) is 0. The zero-order valence-electron chi connectivity index (χ0n) is 12.2. The molecule has 0 saturated carbocycles. The predicted molar refractivity (Wildman–Crippen MR) is 89.5 cm³/mol. The summed E-state index contributed by atoms with van der Waals surface area (Å²) in [6.07, 6.45) is 1.75. The van der Waals surface area contributed by atoms with Crippen LogP contribution in [0.25, 0.3) is 21.4 Å². The van der Waals surface area contributed by atoms with Crippen LogP contribution in [-0.4, -0.2) is 15.4 Å². The number of aromatic nitrogens is 2. The number of nitrogens with one attached hydrogen (secondary N) is 1. The molecule has 0 aliphatic heterocycles. The van der Waals surface area contributed by atoms with Crippen molar-refractivity contribution >= 4 is 33.2 Å². The normalized spacial score (nSPS) is 10.9. The van der Waals surface area contributed by atoms with E-state index >= 15 is 0 Å². The van der Waals surface area contributed by atoms with Crippen molar-refractivity contribution in [3.8, 4) is 11.3 Å². The zero-order chi connectivity index (χ0) is 16.5. The molecule has 0 aliphatic rings.